The van der Waals surface area contributed by atoms with Crippen LogP contribution in [0.15, 0.2) is 85.1 Å². The van der Waals surface area contributed by atoms with Gasteiger partial charge in [0.25, 0.3) is 0 Å². The number of anilines is 1. The van der Waals surface area contributed by atoms with E-state index < -0.39 is 24.3 Å². The molecule has 9 rings (SSSR count). The Kier molecular flexibility index (Phi) is 17.0. The highest BCUT2D eigenvalue weighted by atomic mass is 35.5. The van der Waals surface area contributed by atoms with Gasteiger partial charge in [-0.15, -0.1) is 11.3 Å². The number of likely N-dealkylation sites (tertiary alicyclic amines) is 1. The number of aliphatic hydroxyl groups is 2. The summed E-state index contributed by atoms with van der Waals surface area (Å²) in [5, 5.41) is 25.1. The van der Waals surface area contributed by atoms with E-state index in [1.165, 1.54) is 6.33 Å². The van der Waals surface area contributed by atoms with Crippen molar-refractivity contribution in [2.45, 2.75) is 115 Å². The molecule has 5 aromatic rings. The molecule has 0 spiro atoms. The smallest absolute Gasteiger partial charge is 0.246 e. The molecule has 0 saturated carbocycles. The minimum absolute atomic E-state index is 0.0745. The number of ether oxygens (including phenoxy) is 2. The molecule has 1 unspecified atom stereocenters. The Hall–Kier alpha value is -5.91. The number of nitrogens with zero attached hydrogens (tertiary/aromatic N) is 7. The fourth-order valence-electron chi connectivity index (χ4n) is 11.2. The number of carbonyl (C=O) groups excluding carboxylic acids is 3. The molecular formula is C57H69ClN8O7S. The second kappa shape index (κ2) is 23.7. The van der Waals surface area contributed by atoms with Crippen LogP contribution in [0.2, 0.25) is 5.02 Å². The highest BCUT2D eigenvalue weighted by molar-refractivity contribution is 7.13. The van der Waals surface area contributed by atoms with Crippen molar-refractivity contribution in [1.29, 1.82) is 0 Å². The van der Waals surface area contributed by atoms with Crippen molar-refractivity contribution in [2.75, 3.05) is 57.4 Å². The Labute approximate surface area is 443 Å². The Morgan fingerprint density at radius 1 is 0.919 bits per heavy atom. The summed E-state index contributed by atoms with van der Waals surface area (Å²) in [5.41, 5.74) is 10.1. The third-order valence-corrected chi connectivity index (χ3v) is 16.4. The lowest BCUT2D eigenvalue weighted by Gasteiger charge is -2.38. The third-order valence-electron chi connectivity index (χ3n) is 15.1. The van der Waals surface area contributed by atoms with Gasteiger partial charge in [0.2, 0.25) is 17.7 Å². The first-order valence-electron chi connectivity index (χ1n) is 26.1. The number of thiazole rings is 1. The zero-order valence-electron chi connectivity index (χ0n) is 42.9. The first-order valence-corrected chi connectivity index (χ1v) is 27.4. The topological polar surface area (TPSA) is 174 Å². The Morgan fingerprint density at radius 3 is 2.45 bits per heavy atom. The first kappa shape index (κ1) is 52.9. The fraction of sp³-hybridized carbons (Fsp3) is 0.474. The van der Waals surface area contributed by atoms with Crippen LogP contribution in [0.25, 0.3) is 16.1 Å². The van der Waals surface area contributed by atoms with Crippen LogP contribution in [-0.4, -0.2) is 128 Å². The third kappa shape index (κ3) is 11.6. The number of unbranched alkanes of at least 4 members (excludes halogenated alkanes) is 2. The summed E-state index contributed by atoms with van der Waals surface area (Å²) in [5.74, 6) is 0.868. The number of amides is 3. The summed E-state index contributed by atoms with van der Waals surface area (Å²) in [6.07, 6.45) is 4.19. The van der Waals surface area contributed by atoms with E-state index in [1.807, 2.05) is 96.7 Å². The van der Waals surface area contributed by atoms with Gasteiger partial charge < -0.3 is 44.6 Å². The van der Waals surface area contributed by atoms with Crippen molar-refractivity contribution < 1.29 is 34.1 Å². The second-order valence-corrected chi connectivity index (χ2v) is 21.8. The summed E-state index contributed by atoms with van der Waals surface area (Å²) < 4.78 is 12.4. The van der Waals surface area contributed by atoms with Crippen LogP contribution in [0.3, 0.4) is 0 Å². The van der Waals surface area contributed by atoms with Crippen molar-refractivity contribution in [3.8, 4) is 16.2 Å². The molecule has 0 bridgehead atoms. The van der Waals surface area contributed by atoms with Crippen LogP contribution in [-0.2, 0) is 32.2 Å². The molecule has 17 heteroatoms. The molecule has 2 saturated heterocycles. The van der Waals surface area contributed by atoms with E-state index >= 15 is 0 Å². The lowest BCUT2D eigenvalue weighted by atomic mass is 9.91. The summed E-state index contributed by atoms with van der Waals surface area (Å²) in [7, 11) is 0. The molecule has 1 aliphatic carbocycles. The van der Waals surface area contributed by atoms with Gasteiger partial charge in [-0.2, -0.15) is 0 Å². The quantitative estimate of drug-likeness (QED) is 0.0638. The number of carbonyl (C=O) groups is 3. The van der Waals surface area contributed by atoms with Crippen LogP contribution in [0.1, 0.15) is 116 Å². The van der Waals surface area contributed by atoms with Gasteiger partial charge in [-0.3, -0.25) is 14.4 Å². The van der Waals surface area contributed by atoms with E-state index in [9.17, 15) is 24.6 Å². The predicted molar refractivity (Wildman–Crippen MR) is 288 cm³/mol. The second-order valence-electron chi connectivity index (χ2n) is 20.5. The van der Waals surface area contributed by atoms with Gasteiger partial charge in [0.15, 0.2) is 0 Å². The van der Waals surface area contributed by atoms with E-state index in [1.54, 1.807) is 16.2 Å². The molecule has 3 N–H and O–H groups in total. The fourth-order valence-corrected chi connectivity index (χ4v) is 12.2. The number of aryl methyl sites for hydroxylation is 1. The standard InChI is InChI=1S/C57H69ClN8O7S/c1-35(2)52(65-31-42-11-8-9-12-45(42)38(65)5)57(71)66-32-44(67)29-47(66)55(69)59-30-41-15-14-40(53-37(4)62-34-74-53)28-49(41)73-26-25-72-24-10-6-7-13-46(39-16-18-43(58)19-17-39)56(70)64-22-20-63(21-23-64)54-50-36(3)27-48(68)51(50)60-33-61-54/h8-9,11-12,14-19,28,33-36,44,46-48,52,67-68H,5-7,10,13,20-27,29-32H2,1-4H3,(H,59,69)/t36-,44-,46-,47?,48-,52+/m1/s1. The molecule has 4 aliphatic rings. The summed E-state index contributed by atoms with van der Waals surface area (Å²) >= 11 is 7.82. The van der Waals surface area contributed by atoms with Gasteiger partial charge in [-0.05, 0) is 72.9 Å². The minimum Gasteiger partial charge on any atom is -0.491 e. The number of rotatable bonds is 20. The van der Waals surface area contributed by atoms with Crippen molar-refractivity contribution in [3.05, 3.63) is 129 Å². The zero-order valence-corrected chi connectivity index (χ0v) is 44.5. The molecule has 3 amide bonds. The van der Waals surface area contributed by atoms with E-state index in [0.717, 1.165) is 80.4 Å². The number of fused-ring (bicyclic) bond motifs is 2. The summed E-state index contributed by atoms with van der Waals surface area (Å²) in [4.78, 5) is 64.9. The van der Waals surface area contributed by atoms with E-state index in [4.69, 9.17) is 21.1 Å². The van der Waals surface area contributed by atoms with Gasteiger partial charge in [-0.25, -0.2) is 15.0 Å². The van der Waals surface area contributed by atoms with Crippen LogP contribution >= 0.6 is 22.9 Å². The maximum atomic E-state index is 14.4. The minimum atomic E-state index is -0.836. The molecule has 15 nitrogen and oxygen atoms in total. The van der Waals surface area contributed by atoms with E-state index in [0.29, 0.717) is 69.6 Å². The summed E-state index contributed by atoms with van der Waals surface area (Å²) in [6, 6.07) is 20.2. The number of aromatic nitrogens is 3. The van der Waals surface area contributed by atoms with Gasteiger partial charge in [0.1, 0.15) is 36.6 Å². The highest BCUT2D eigenvalue weighted by Crippen LogP contribution is 2.43. The number of β-amino-alcohol motifs (C(OH)–C–C–N with tert-alkyl or cyclic N) is 1. The number of piperazine rings is 1. The lowest BCUT2D eigenvalue weighted by molar-refractivity contribution is -0.143. The van der Waals surface area contributed by atoms with Gasteiger partial charge in [0.05, 0.1) is 46.5 Å². The zero-order chi connectivity index (χ0) is 52.0. The average molecular weight is 1050 g/mol. The predicted octanol–water partition coefficient (Wildman–Crippen LogP) is 8.28. The van der Waals surface area contributed by atoms with E-state index in [2.05, 4.69) is 44.7 Å². The number of hydrogen-bond acceptors (Lipinski definition) is 13. The van der Waals surface area contributed by atoms with Crippen LogP contribution in [0, 0.1) is 12.8 Å². The number of nitrogens with one attached hydrogen (secondary N) is 1. The van der Waals surface area contributed by atoms with Crippen LogP contribution < -0.4 is 15.0 Å². The molecule has 0 radical (unpaired) electrons. The maximum Gasteiger partial charge on any atom is 0.246 e. The number of halogens is 1. The average Bonchev–Trinajstić information content (AvgIpc) is 4.18. The van der Waals surface area contributed by atoms with E-state index in [-0.39, 0.29) is 61.6 Å². The first-order chi connectivity index (χ1) is 35.8. The molecule has 2 aromatic heterocycles. The SMILES string of the molecule is C=C1c2ccccc2CN1[C@H](C(=O)N1C[C@H](O)CC1C(=O)NCc1ccc(-c2scnc2C)cc1OCCOCCCCC[C@@H](C(=O)N1CCN(c2ncnc3c2[C@H](C)C[C@H]3O)CC1)c1ccc(Cl)cc1)C(C)C. The number of hydrogen-bond donors (Lipinski definition) is 3. The number of aliphatic hydroxyl groups excluding tert-OH is 2. The lowest BCUT2D eigenvalue weighted by Crippen LogP contribution is -2.54. The highest BCUT2D eigenvalue weighted by Gasteiger charge is 2.45. The monoisotopic (exact) mass is 1040 g/mol. The molecule has 74 heavy (non-hydrogen) atoms. The maximum absolute atomic E-state index is 14.4. The number of benzene rings is 3. The molecule has 6 atom stereocenters. The van der Waals surface area contributed by atoms with Gasteiger partial charge >= 0.3 is 0 Å². The molecular weight excluding hydrogens is 976 g/mol. The Bertz CT molecular complexity index is 2800. The van der Waals surface area contributed by atoms with Crippen LogP contribution in [0.4, 0.5) is 5.82 Å². The Morgan fingerprint density at radius 2 is 1.70 bits per heavy atom. The van der Waals surface area contributed by atoms with Crippen LogP contribution in [0.5, 0.6) is 5.75 Å². The molecule has 392 valence electrons. The summed E-state index contributed by atoms with van der Waals surface area (Å²) in [6.45, 7) is 16.9. The van der Waals surface area contributed by atoms with Crippen molar-refractivity contribution in [2.24, 2.45) is 5.92 Å². The largest absolute Gasteiger partial charge is 0.491 e. The molecule has 5 heterocycles. The Balaban J connectivity index is 0.762. The van der Waals surface area contributed by atoms with Crippen molar-refractivity contribution >= 4 is 52.2 Å². The normalized spacial score (nSPS) is 20.2. The van der Waals surface area contributed by atoms with Gasteiger partial charge in [0, 0.05) is 86.3 Å². The molecule has 3 aliphatic heterocycles. The molecule has 3 aromatic carbocycles. The van der Waals surface area contributed by atoms with Gasteiger partial charge in [-0.1, -0.05) is 100 Å². The van der Waals surface area contributed by atoms with Crippen molar-refractivity contribution in [1.82, 2.24) is 35.0 Å². The molecule has 2 fully saturated rings. The van der Waals surface area contributed by atoms with Crippen molar-refractivity contribution in [3.63, 3.8) is 0 Å².